The third-order valence-corrected chi connectivity index (χ3v) is 4.90. The number of aromatic nitrogens is 2. The summed E-state index contributed by atoms with van der Waals surface area (Å²) in [7, 11) is 1.83. The molecule has 168 valence electrons. The number of nitrogens with zero attached hydrogens (tertiary/aromatic N) is 2. The molecule has 1 amide bonds. The highest BCUT2D eigenvalue weighted by Gasteiger charge is 2.18. The predicted molar refractivity (Wildman–Crippen MR) is 119 cm³/mol. The maximum absolute atomic E-state index is 14.9. The van der Waals surface area contributed by atoms with Crippen molar-refractivity contribution in [2.24, 2.45) is 5.73 Å². The number of hydrogen-bond donors (Lipinski definition) is 2. The Bertz CT molecular complexity index is 1310. The average molecular weight is 450 g/mol. The molecule has 0 radical (unpaired) electrons. The fraction of sp³-hybridized carbons (Fsp3) is 0.125. The number of rotatable bonds is 8. The second-order valence-electron chi connectivity index (χ2n) is 7.10. The van der Waals surface area contributed by atoms with Crippen molar-refractivity contribution < 1.29 is 23.0 Å². The van der Waals surface area contributed by atoms with Crippen molar-refractivity contribution >= 4 is 16.8 Å². The third kappa shape index (κ3) is 4.73. The number of primary amides is 1. The Labute approximate surface area is 188 Å². The van der Waals surface area contributed by atoms with Crippen LogP contribution >= 0.6 is 0 Å². The molecule has 9 heteroatoms. The van der Waals surface area contributed by atoms with E-state index in [1.807, 2.05) is 7.05 Å². The summed E-state index contributed by atoms with van der Waals surface area (Å²) < 4.78 is 41.1. The van der Waals surface area contributed by atoms with Crippen LogP contribution in [-0.2, 0) is 0 Å². The minimum atomic E-state index is -0.943. The predicted octanol–water partition coefficient (Wildman–Crippen LogP) is 4.06. The quantitative estimate of drug-likeness (QED) is 0.393. The van der Waals surface area contributed by atoms with E-state index < -0.39 is 23.3 Å². The lowest BCUT2D eigenvalue weighted by Gasteiger charge is -2.13. The van der Waals surface area contributed by atoms with Gasteiger partial charge in [0.15, 0.2) is 17.4 Å². The Morgan fingerprint density at radius 3 is 2.61 bits per heavy atom. The van der Waals surface area contributed by atoms with E-state index in [-0.39, 0.29) is 22.4 Å². The highest BCUT2D eigenvalue weighted by Crippen LogP contribution is 2.36. The molecule has 0 unspecified atom stereocenters. The van der Waals surface area contributed by atoms with Gasteiger partial charge in [0.1, 0.15) is 18.1 Å². The van der Waals surface area contributed by atoms with Crippen LogP contribution in [0.3, 0.4) is 0 Å². The first-order valence-corrected chi connectivity index (χ1v) is 10.0. The summed E-state index contributed by atoms with van der Waals surface area (Å²) in [5.41, 5.74) is 6.34. The standard InChI is InChI=1S/C24H20F2N4O3/c1-28-8-9-32-15-2-3-17-21(12-15)30-7-5-22(17)33-23-19(25)10-14(11-20(23)26)18-13-29-6-4-16(18)24(27)31/h2-7,10-13,28H,8-9H2,1H3,(H2,27,31). The molecule has 0 fully saturated rings. The Balaban J connectivity index is 1.67. The zero-order valence-electron chi connectivity index (χ0n) is 17.6. The van der Waals surface area contributed by atoms with Crippen LogP contribution in [0.2, 0.25) is 0 Å². The maximum Gasteiger partial charge on any atom is 0.249 e. The molecule has 2 heterocycles. The molecule has 33 heavy (non-hydrogen) atoms. The van der Waals surface area contributed by atoms with Gasteiger partial charge < -0.3 is 20.5 Å². The first kappa shape index (κ1) is 22.1. The molecule has 7 nitrogen and oxygen atoms in total. The van der Waals surface area contributed by atoms with E-state index in [4.69, 9.17) is 15.2 Å². The summed E-state index contributed by atoms with van der Waals surface area (Å²) in [5.74, 6) is -2.35. The van der Waals surface area contributed by atoms with Crippen molar-refractivity contribution in [3.8, 4) is 28.4 Å². The van der Waals surface area contributed by atoms with Gasteiger partial charge in [-0.05, 0) is 49.0 Å². The molecule has 0 aliphatic carbocycles. The van der Waals surface area contributed by atoms with Gasteiger partial charge in [-0.15, -0.1) is 0 Å². The summed E-state index contributed by atoms with van der Waals surface area (Å²) in [6.07, 6.45) is 4.18. The number of carbonyl (C=O) groups is 1. The van der Waals surface area contributed by atoms with Crippen LogP contribution in [0.1, 0.15) is 10.4 Å². The van der Waals surface area contributed by atoms with E-state index in [0.29, 0.717) is 29.8 Å². The lowest BCUT2D eigenvalue weighted by molar-refractivity contribution is 0.100. The van der Waals surface area contributed by atoms with Crippen LogP contribution in [0.25, 0.3) is 22.0 Å². The lowest BCUT2D eigenvalue weighted by atomic mass is 10.0. The first-order chi connectivity index (χ1) is 16.0. The number of ether oxygens (including phenoxy) is 2. The average Bonchev–Trinajstić information content (AvgIpc) is 2.81. The molecule has 0 saturated heterocycles. The van der Waals surface area contributed by atoms with Gasteiger partial charge >= 0.3 is 0 Å². The van der Waals surface area contributed by atoms with Gasteiger partial charge in [0, 0.05) is 47.7 Å². The van der Waals surface area contributed by atoms with Crippen LogP contribution in [-0.4, -0.2) is 36.1 Å². The Hall–Kier alpha value is -4.11. The van der Waals surface area contributed by atoms with E-state index in [1.54, 1.807) is 18.2 Å². The van der Waals surface area contributed by atoms with E-state index in [9.17, 15) is 13.6 Å². The van der Waals surface area contributed by atoms with Crippen LogP contribution < -0.4 is 20.5 Å². The van der Waals surface area contributed by atoms with E-state index in [0.717, 1.165) is 12.1 Å². The van der Waals surface area contributed by atoms with Crippen molar-refractivity contribution in [1.82, 2.24) is 15.3 Å². The summed E-state index contributed by atoms with van der Waals surface area (Å²) >= 11 is 0. The normalized spacial score (nSPS) is 10.9. The van der Waals surface area contributed by atoms with Crippen molar-refractivity contribution in [3.05, 3.63) is 78.3 Å². The molecule has 0 bridgehead atoms. The van der Waals surface area contributed by atoms with Crippen LogP contribution in [0.5, 0.6) is 17.2 Å². The van der Waals surface area contributed by atoms with Gasteiger partial charge in [-0.25, -0.2) is 8.78 Å². The van der Waals surface area contributed by atoms with E-state index in [2.05, 4.69) is 15.3 Å². The number of likely N-dealkylation sites (N-methyl/N-ethyl adjacent to an activating group) is 1. The topological polar surface area (TPSA) is 99.4 Å². The van der Waals surface area contributed by atoms with Crippen molar-refractivity contribution in [3.63, 3.8) is 0 Å². The van der Waals surface area contributed by atoms with Gasteiger partial charge in [0.25, 0.3) is 0 Å². The van der Waals surface area contributed by atoms with Crippen molar-refractivity contribution in [2.45, 2.75) is 0 Å². The number of nitrogens with two attached hydrogens (primary N) is 1. The Morgan fingerprint density at radius 2 is 1.88 bits per heavy atom. The fourth-order valence-electron chi connectivity index (χ4n) is 3.31. The molecule has 2 aromatic heterocycles. The fourth-order valence-corrected chi connectivity index (χ4v) is 3.31. The van der Waals surface area contributed by atoms with Gasteiger partial charge in [0.2, 0.25) is 5.91 Å². The minimum Gasteiger partial charge on any atom is -0.492 e. The van der Waals surface area contributed by atoms with E-state index >= 15 is 0 Å². The molecule has 0 aliphatic heterocycles. The third-order valence-electron chi connectivity index (χ3n) is 4.90. The number of halogens is 2. The van der Waals surface area contributed by atoms with Crippen LogP contribution in [0, 0.1) is 11.6 Å². The van der Waals surface area contributed by atoms with Crippen molar-refractivity contribution in [1.29, 1.82) is 0 Å². The van der Waals surface area contributed by atoms with Gasteiger partial charge in [-0.2, -0.15) is 0 Å². The molecule has 0 spiro atoms. The summed E-state index contributed by atoms with van der Waals surface area (Å²) in [4.78, 5) is 19.9. The largest absolute Gasteiger partial charge is 0.492 e. The second-order valence-corrected chi connectivity index (χ2v) is 7.10. The molecule has 0 aliphatic rings. The second kappa shape index (κ2) is 9.58. The lowest BCUT2D eigenvalue weighted by Crippen LogP contribution is -2.15. The molecule has 0 atom stereocenters. The number of pyridine rings is 2. The smallest absolute Gasteiger partial charge is 0.249 e. The molecular weight excluding hydrogens is 430 g/mol. The zero-order chi connectivity index (χ0) is 23.4. The zero-order valence-corrected chi connectivity index (χ0v) is 17.6. The first-order valence-electron chi connectivity index (χ1n) is 10.0. The molecular formula is C24H20F2N4O3. The Kier molecular flexibility index (Phi) is 6.41. The monoisotopic (exact) mass is 450 g/mol. The Morgan fingerprint density at radius 1 is 1.09 bits per heavy atom. The summed E-state index contributed by atoms with van der Waals surface area (Å²) in [6, 6.07) is 10.2. The minimum absolute atomic E-state index is 0.102. The number of fused-ring (bicyclic) bond motifs is 1. The van der Waals surface area contributed by atoms with Gasteiger partial charge in [-0.1, -0.05) is 0 Å². The number of amides is 1. The number of benzene rings is 2. The van der Waals surface area contributed by atoms with Crippen molar-refractivity contribution in [2.75, 3.05) is 20.2 Å². The summed E-state index contributed by atoms with van der Waals surface area (Å²) in [6.45, 7) is 1.17. The molecule has 4 aromatic rings. The highest BCUT2D eigenvalue weighted by atomic mass is 19.1. The van der Waals surface area contributed by atoms with Gasteiger partial charge in [0.05, 0.1) is 5.52 Å². The van der Waals surface area contributed by atoms with E-state index in [1.165, 1.54) is 30.7 Å². The van der Waals surface area contributed by atoms with Crippen LogP contribution in [0.15, 0.2) is 61.1 Å². The molecule has 0 saturated carbocycles. The number of nitrogens with one attached hydrogen (secondary N) is 1. The SMILES string of the molecule is CNCCOc1ccc2c(Oc3c(F)cc(-c4cnccc4C(N)=O)cc3F)ccnc2c1. The highest BCUT2D eigenvalue weighted by molar-refractivity contribution is 5.99. The maximum atomic E-state index is 14.9. The molecule has 3 N–H and O–H groups in total. The summed E-state index contributed by atoms with van der Waals surface area (Å²) in [5, 5.41) is 3.55. The van der Waals surface area contributed by atoms with Crippen LogP contribution in [0.4, 0.5) is 8.78 Å². The molecule has 2 aromatic carbocycles. The molecule has 4 rings (SSSR count). The number of hydrogen-bond acceptors (Lipinski definition) is 6. The van der Waals surface area contributed by atoms with Gasteiger partial charge in [-0.3, -0.25) is 14.8 Å². The number of carbonyl (C=O) groups excluding carboxylic acids is 1.